The summed E-state index contributed by atoms with van der Waals surface area (Å²) in [5.74, 6) is 0.857. The summed E-state index contributed by atoms with van der Waals surface area (Å²) < 4.78 is 5.38. The molecule has 2 saturated heterocycles. The Bertz CT molecular complexity index is 269. The highest BCUT2D eigenvalue weighted by atomic mass is 16.5. The van der Waals surface area contributed by atoms with Crippen LogP contribution in [0, 0.1) is 5.92 Å². The number of ether oxygens (including phenoxy) is 1. The van der Waals surface area contributed by atoms with Gasteiger partial charge in [-0.1, -0.05) is 0 Å². The van der Waals surface area contributed by atoms with Gasteiger partial charge in [0.15, 0.2) is 0 Å². The standard InChI is InChI=1S/C13H25N3O2/c1-11(14)13(17)16-6-4-15(5-7-16)10-12-2-8-18-9-3-12/h11-12H,2-10,14H2,1H3/t11-/m1/s1. The smallest absolute Gasteiger partial charge is 0.239 e. The van der Waals surface area contributed by atoms with Crippen molar-refractivity contribution in [1.82, 2.24) is 9.80 Å². The van der Waals surface area contributed by atoms with Gasteiger partial charge in [0.05, 0.1) is 6.04 Å². The van der Waals surface area contributed by atoms with Crippen molar-refractivity contribution in [2.24, 2.45) is 11.7 Å². The number of carbonyl (C=O) groups excluding carboxylic acids is 1. The average Bonchev–Trinajstić information content (AvgIpc) is 2.40. The summed E-state index contributed by atoms with van der Waals surface area (Å²) in [6.07, 6.45) is 2.36. The van der Waals surface area contributed by atoms with Crippen LogP contribution >= 0.6 is 0 Å². The maximum atomic E-state index is 11.8. The molecule has 0 aliphatic carbocycles. The summed E-state index contributed by atoms with van der Waals surface area (Å²) in [5.41, 5.74) is 5.63. The lowest BCUT2D eigenvalue weighted by Gasteiger charge is -2.37. The minimum Gasteiger partial charge on any atom is -0.381 e. The van der Waals surface area contributed by atoms with Crippen LogP contribution < -0.4 is 5.73 Å². The molecule has 2 rings (SSSR count). The Balaban J connectivity index is 1.71. The van der Waals surface area contributed by atoms with Gasteiger partial charge in [0.25, 0.3) is 0 Å². The van der Waals surface area contributed by atoms with E-state index in [4.69, 9.17) is 10.5 Å². The average molecular weight is 255 g/mol. The van der Waals surface area contributed by atoms with Crippen LogP contribution in [0.1, 0.15) is 19.8 Å². The third-order valence-corrected chi connectivity index (χ3v) is 3.93. The van der Waals surface area contributed by atoms with Crippen molar-refractivity contribution >= 4 is 5.91 Å². The van der Waals surface area contributed by atoms with Crippen LogP contribution in [0.4, 0.5) is 0 Å². The summed E-state index contributed by atoms with van der Waals surface area (Å²) in [6.45, 7) is 8.35. The van der Waals surface area contributed by atoms with Gasteiger partial charge >= 0.3 is 0 Å². The van der Waals surface area contributed by atoms with Gasteiger partial charge in [-0.05, 0) is 25.7 Å². The van der Waals surface area contributed by atoms with Gasteiger partial charge in [-0.2, -0.15) is 0 Å². The summed E-state index contributed by atoms with van der Waals surface area (Å²) in [7, 11) is 0. The van der Waals surface area contributed by atoms with Gasteiger partial charge in [-0.15, -0.1) is 0 Å². The molecule has 18 heavy (non-hydrogen) atoms. The molecule has 0 aromatic heterocycles. The Hall–Kier alpha value is -0.650. The van der Waals surface area contributed by atoms with Crippen molar-refractivity contribution in [2.75, 3.05) is 45.9 Å². The maximum absolute atomic E-state index is 11.8. The number of nitrogens with two attached hydrogens (primary N) is 1. The van der Waals surface area contributed by atoms with Crippen molar-refractivity contribution in [3.8, 4) is 0 Å². The van der Waals surface area contributed by atoms with Crippen LogP contribution in [0.25, 0.3) is 0 Å². The van der Waals surface area contributed by atoms with E-state index in [9.17, 15) is 4.79 Å². The molecule has 0 saturated carbocycles. The molecule has 0 aromatic rings. The molecule has 2 heterocycles. The first-order valence-electron chi connectivity index (χ1n) is 7.01. The Labute approximate surface area is 109 Å². The second-order valence-electron chi connectivity index (χ2n) is 5.47. The third-order valence-electron chi connectivity index (χ3n) is 3.93. The molecule has 2 aliphatic rings. The zero-order valence-corrected chi connectivity index (χ0v) is 11.3. The summed E-state index contributed by atoms with van der Waals surface area (Å²) in [4.78, 5) is 16.1. The van der Waals surface area contributed by atoms with E-state index in [1.165, 1.54) is 12.8 Å². The highest BCUT2D eigenvalue weighted by Gasteiger charge is 2.25. The minimum absolute atomic E-state index is 0.0840. The predicted octanol–water partition coefficient (Wildman–Crippen LogP) is -0.0956. The minimum atomic E-state index is -0.368. The Morgan fingerprint density at radius 2 is 1.89 bits per heavy atom. The number of amides is 1. The molecule has 0 spiro atoms. The SMILES string of the molecule is C[C@@H](N)C(=O)N1CCN(CC2CCOCC2)CC1. The topological polar surface area (TPSA) is 58.8 Å². The number of rotatable bonds is 3. The molecule has 2 aliphatic heterocycles. The van der Waals surface area contributed by atoms with E-state index >= 15 is 0 Å². The summed E-state index contributed by atoms with van der Waals surface area (Å²) in [5, 5.41) is 0. The monoisotopic (exact) mass is 255 g/mol. The quantitative estimate of drug-likeness (QED) is 0.765. The van der Waals surface area contributed by atoms with E-state index in [-0.39, 0.29) is 11.9 Å². The first kappa shape index (κ1) is 13.8. The van der Waals surface area contributed by atoms with Gasteiger partial charge in [0.1, 0.15) is 0 Å². The normalized spacial score (nSPS) is 25.1. The molecule has 0 radical (unpaired) electrons. The van der Waals surface area contributed by atoms with Crippen molar-refractivity contribution in [1.29, 1.82) is 0 Å². The lowest BCUT2D eigenvalue weighted by atomic mass is 9.99. The second kappa shape index (κ2) is 6.50. The highest BCUT2D eigenvalue weighted by Crippen LogP contribution is 2.17. The van der Waals surface area contributed by atoms with E-state index in [2.05, 4.69) is 4.90 Å². The predicted molar refractivity (Wildman–Crippen MR) is 70.2 cm³/mol. The third kappa shape index (κ3) is 3.67. The number of piperazine rings is 1. The Morgan fingerprint density at radius 1 is 1.28 bits per heavy atom. The van der Waals surface area contributed by atoms with E-state index in [1.54, 1.807) is 6.92 Å². The fourth-order valence-corrected chi connectivity index (χ4v) is 2.73. The zero-order chi connectivity index (χ0) is 13.0. The largest absolute Gasteiger partial charge is 0.381 e. The molecule has 0 bridgehead atoms. The maximum Gasteiger partial charge on any atom is 0.239 e. The fraction of sp³-hybridized carbons (Fsp3) is 0.923. The molecule has 2 N–H and O–H groups in total. The lowest BCUT2D eigenvalue weighted by Crippen LogP contribution is -2.53. The molecule has 1 atom stereocenters. The van der Waals surface area contributed by atoms with E-state index in [0.29, 0.717) is 0 Å². The van der Waals surface area contributed by atoms with Crippen molar-refractivity contribution in [2.45, 2.75) is 25.8 Å². The number of hydrogen-bond donors (Lipinski definition) is 1. The second-order valence-corrected chi connectivity index (χ2v) is 5.47. The molecule has 5 heteroatoms. The molecule has 5 nitrogen and oxygen atoms in total. The Morgan fingerprint density at radius 3 is 2.44 bits per heavy atom. The first-order chi connectivity index (χ1) is 8.66. The van der Waals surface area contributed by atoms with Crippen molar-refractivity contribution in [3.05, 3.63) is 0 Å². The lowest BCUT2D eigenvalue weighted by molar-refractivity contribution is -0.134. The van der Waals surface area contributed by atoms with E-state index in [1.807, 2.05) is 4.90 Å². The first-order valence-corrected chi connectivity index (χ1v) is 7.01. The van der Waals surface area contributed by atoms with E-state index < -0.39 is 0 Å². The van der Waals surface area contributed by atoms with Gasteiger partial charge in [0, 0.05) is 45.9 Å². The fourth-order valence-electron chi connectivity index (χ4n) is 2.73. The van der Waals surface area contributed by atoms with Gasteiger partial charge in [-0.25, -0.2) is 0 Å². The molecule has 1 amide bonds. The van der Waals surface area contributed by atoms with Crippen LogP contribution in [0.3, 0.4) is 0 Å². The molecule has 104 valence electrons. The van der Waals surface area contributed by atoms with Crippen molar-refractivity contribution < 1.29 is 9.53 Å². The van der Waals surface area contributed by atoms with E-state index in [0.717, 1.165) is 51.9 Å². The number of hydrogen-bond acceptors (Lipinski definition) is 4. The highest BCUT2D eigenvalue weighted by molar-refractivity contribution is 5.81. The molecule has 2 fully saturated rings. The van der Waals surface area contributed by atoms with Crippen LogP contribution in [-0.2, 0) is 9.53 Å². The molecular weight excluding hydrogens is 230 g/mol. The molecular formula is C13H25N3O2. The van der Waals surface area contributed by atoms with Crippen molar-refractivity contribution in [3.63, 3.8) is 0 Å². The van der Waals surface area contributed by atoms with Crippen LogP contribution in [0.5, 0.6) is 0 Å². The Kier molecular flexibility index (Phi) is 4.97. The molecule has 0 aromatic carbocycles. The van der Waals surface area contributed by atoms with Crippen LogP contribution in [-0.4, -0.2) is 67.7 Å². The van der Waals surface area contributed by atoms with Crippen LogP contribution in [0.15, 0.2) is 0 Å². The van der Waals surface area contributed by atoms with Gasteiger partial charge in [0.2, 0.25) is 5.91 Å². The number of carbonyl (C=O) groups is 1. The zero-order valence-electron chi connectivity index (χ0n) is 11.3. The van der Waals surface area contributed by atoms with Crippen LogP contribution in [0.2, 0.25) is 0 Å². The summed E-state index contributed by atoms with van der Waals surface area (Å²) >= 11 is 0. The van der Waals surface area contributed by atoms with Gasteiger partial charge in [-0.3, -0.25) is 9.69 Å². The van der Waals surface area contributed by atoms with Gasteiger partial charge < -0.3 is 15.4 Å². The molecule has 0 unspecified atom stereocenters. The summed E-state index contributed by atoms with van der Waals surface area (Å²) in [6, 6.07) is -0.368. The number of nitrogens with zero attached hydrogens (tertiary/aromatic N) is 2.